The van der Waals surface area contributed by atoms with E-state index >= 15 is 0 Å². The fourth-order valence-corrected chi connectivity index (χ4v) is 2.22. The molecule has 0 atom stereocenters. The zero-order valence-corrected chi connectivity index (χ0v) is 16.4. The van der Waals surface area contributed by atoms with Crippen LogP contribution in [-0.4, -0.2) is 29.7 Å². The van der Waals surface area contributed by atoms with E-state index in [0.717, 1.165) is 10.0 Å². The minimum absolute atomic E-state index is 0.234. The van der Waals surface area contributed by atoms with E-state index < -0.39 is 17.2 Å². The van der Waals surface area contributed by atoms with Crippen LogP contribution in [0.1, 0.15) is 40.2 Å². The van der Waals surface area contributed by atoms with Crippen LogP contribution in [0.3, 0.4) is 0 Å². The van der Waals surface area contributed by atoms with Crippen molar-refractivity contribution in [3.63, 3.8) is 0 Å². The van der Waals surface area contributed by atoms with Crippen molar-refractivity contribution in [3.05, 3.63) is 40.4 Å². The number of amides is 2. The van der Waals surface area contributed by atoms with Gasteiger partial charge in [-0.15, -0.1) is 0 Å². The van der Waals surface area contributed by atoms with Gasteiger partial charge in [0.15, 0.2) is 0 Å². The summed E-state index contributed by atoms with van der Waals surface area (Å²) in [5, 5.41) is 5.51. The molecule has 0 aliphatic rings. The van der Waals surface area contributed by atoms with Crippen LogP contribution < -0.4 is 10.6 Å². The molecule has 1 rings (SSSR count). The van der Waals surface area contributed by atoms with Gasteiger partial charge in [-0.05, 0) is 52.3 Å². The van der Waals surface area contributed by atoms with Crippen LogP contribution in [0, 0.1) is 0 Å². The summed E-state index contributed by atoms with van der Waals surface area (Å²) in [7, 11) is 0. The maximum Gasteiger partial charge on any atom is 0.407 e. The largest absolute Gasteiger partial charge is 0.444 e. The molecule has 0 saturated heterocycles. The van der Waals surface area contributed by atoms with Crippen molar-refractivity contribution >= 4 is 34.0 Å². The molecule has 0 unspecified atom stereocenters. The Kier molecular flexibility index (Phi) is 7.02. The number of halogens is 1. The zero-order chi connectivity index (χ0) is 18.4. The van der Waals surface area contributed by atoms with Crippen molar-refractivity contribution < 1.29 is 14.3 Å². The van der Waals surface area contributed by atoms with Crippen molar-refractivity contribution in [1.29, 1.82) is 0 Å². The number of benzene rings is 1. The molecule has 1 aromatic carbocycles. The monoisotopic (exact) mass is 396 g/mol. The van der Waals surface area contributed by atoms with Gasteiger partial charge in [-0.2, -0.15) is 0 Å². The minimum atomic E-state index is -0.605. The lowest BCUT2D eigenvalue weighted by molar-refractivity contribution is -0.117. The molecule has 132 valence electrons. The van der Waals surface area contributed by atoms with E-state index in [1.807, 2.05) is 38.1 Å². The summed E-state index contributed by atoms with van der Waals surface area (Å²) in [6.45, 7) is 9.31. The molecule has 0 saturated carbocycles. The Bertz CT molecular complexity index is 619. The van der Waals surface area contributed by atoms with Crippen LogP contribution in [0.25, 0.3) is 6.08 Å². The van der Waals surface area contributed by atoms with E-state index in [9.17, 15) is 9.59 Å². The van der Waals surface area contributed by atoms with Crippen molar-refractivity contribution in [2.24, 2.45) is 0 Å². The van der Waals surface area contributed by atoms with Gasteiger partial charge in [0.2, 0.25) is 5.91 Å². The van der Waals surface area contributed by atoms with Crippen molar-refractivity contribution in [3.8, 4) is 0 Å². The first kappa shape index (κ1) is 20.2. The molecule has 0 fully saturated rings. The Morgan fingerprint density at radius 2 is 1.79 bits per heavy atom. The second kappa shape index (κ2) is 8.33. The highest BCUT2D eigenvalue weighted by atomic mass is 79.9. The minimum Gasteiger partial charge on any atom is -0.444 e. The molecule has 2 amide bonds. The summed E-state index contributed by atoms with van der Waals surface area (Å²) in [5.41, 5.74) is -0.243. The molecular formula is C18H25BrN2O3. The van der Waals surface area contributed by atoms with Crippen molar-refractivity contribution in [2.75, 3.05) is 6.54 Å². The van der Waals surface area contributed by atoms with Crippen LogP contribution in [0.15, 0.2) is 34.8 Å². The Morgan fingerprint density at radius 1 is 1.17 bits per heavy atom. The first-order chi connectivity index (χ1) is 11.0. The van der Waals surface area contributed by atoms with E-state index in [-0.39, 0.29) is 12.5 Å². The second-order valence-electron chi connectivity index (χ2n) is 7.08. The molecule has 24 heavy (non-hydrogen) atoms. The lowest BCUT2D eigenvalue weighted by Gasteiger charge is -2.27. The Morgan fingerprint density at radius 3 is 2.38 bits per heavy atom. The maximum absolute atomic E-state index is 12.1. The van der Waals surface area contributed by atoms with Gasteiger partial charge in [0.1, 0.15) is 5.60 Å². The van der Waals surface area contributed by atoms with Crippen LogP contribution in [-0.2, 0) is 9.53 Å². The molecule has 0 radical (unpaired) electrons. The number of alkyl carbamates (subject to hydrolysis) is 1. The zero-order valence-electron chi connectivity index (χ0n) is 14.8. The van der Waals surface area contributed by atoms with Crippen LogP contribution >= 0.6 is 15.9 Å². The highest BCUT2D eigenvalue weighted by Crippen LogP contribution is 2.17. The number of hydrogen-bond donors (Lipinski definition) is 2. The molecule has 2 N–H and O–H groups in total. The number of ether oxygens (including phenoxy) is 1. The van der Waals surface area contributed by atoms with Crippen molar-refractivity contribution in [2.45, 2.75) is 45.8 Å². The molecule has 0 heterocycles. The lowest BCUT2D eigenvalue weighted by Crippen LogP contribution is -2.51. The quantitative estimate of drug-likeness (QED) is 0.741. The topological polar surface area (TPSA) is 67.4 Å². The highest BCUT2D eigenvalue weighted by molar-refractivity contribution is 9.10. The SMILES string of the molecule is CC(C)(CNC(=O)OC(C)(C)C)NC(=O)/C=C/c1ccccc1Br. The normalized spacial score (nSPS) is 12.1. The van der Waals surface area contributed by atoms with Gasteiger partial charge in [0.25, 0.3) is 0 Å². The van der Waals surface area contributed by atoms with Crippen LogP contribution in [0.4, 0.5) is 4.79 Å². The standard InChI is InChI=1S/C18H25BrN2O3/c1-17(2,3)24-16(23)20-12-18(4,5)21-15(22)11-10-13-8-6-7-9-14(13)19/h6-11H,12H2,1-5H3,(H,20,23)(H,21,22)/b11-10+. The number of carbonyl (C=O) groups is 2. The van der Waals surface area contributed by atoms with Gasteiger partial charge in [-0.1, -0.05) is 34.1 Å². The van der Waals surface area contributed by atoms with E-state index in [1.165, 1.54) is 6.08 Å². The van der Waals surface area contributed by atoms with Crippen molar-refractivity contribution in [1.82, 2.24) is 10.6 Å². The second-order valence-corrected chi connectivity index (χ2v) is 7.94. The predicted octanol–water partition coefficient (Wildman–Crippen LogP) is 3.88. The first-order valence-corrected chi connectivity index (χ1v) is 8.49. The Hall–Kier alpha value is -1.82. The lowest BCUT2D eigenvalue weighted by atomic mass is 10.1. The average Bonchev–Trinajstić information content (AvgIpc) is 2.42. The van der Waals surface area contributed by atoms with E-state index in [2.05, 4.69) is 26.6 Å². The summed E-state index contributed by atoms with van der Waals surface area (Å²) in [4.78, 5) is 23.7. The summed E-state index contributed by atoms with van der Waals surface area (Å²) in [6.07, 6.45) is 2.69. The predicted molar refractivity (Wildman–Crippen MR) is 99.6 cm³/mol. The highest BCUT2D eigenvalue weighted by Gasteiger charge is 2.22. The number of carbonyl (C=O) groups excluding carboxylic acids is 2. The van der Waals surface area contributed by atoms with E-state index in [4.69, 9.17) is 4.74 Å². The molecule has 1 aromatic rings. The van der Waals surface area contributed by atoms with Gasteiger partial charge >= 0.3 is 6.09 Å². The smallest absolute Gasteiger partial charge is 0.407 e. The average molecular weight is 397 g/mol. The van der Waals surface area contributed by atoms with Crippen LogP contribution in [0.5, 0.6) is 0 Å². The molecule has 0 spiro atoms. The van der Waals surface area contributed by atoms with Gasteiger partial charge in [0, 0.05) is 17.1 Å². The molecule has 5 nitrogen and oxygen atoms in total. The molecule has 0 aromatic heterocycles. The summed E-state index contributed by atoms with van der Waals surface area (Å²) in [6, 6.07) is 7.62. The molecular weight excluding hydrogens is 372 g/mol. The third-order valence-electron chi connectivity index (χ3n) is 2.85. The summed E-state index contributed by atoms with van der Waals surface area (Å²) >= 11 is 3.43. The first-order valence-electron chi connectivity index (χ1n) is 7.70. The fourth-order valence-electron chi connectivity index (χ4n) is 1.80. The Labute approximate surface area is 152 Å². The van der Waals surface area contributed by atoms with Gasteiger partial charge in [-0.25, -0.2) is 4.79 Å². The Balaban J connectivity index is 2.52. The van der Waals surface area contributed by atoms with Gasteiger partial charge in [0.05, 0.1) is 5.54 Å². The number of hydrogen-bond acceptors (Lipinski definition) is 3. The van der Waals surface area contributed by atoms with Gasteiger partial charge < -0.3 is 15.4 Å². The fraction of sp³-hybridized carbons (Fsp3) is 0.444. The molecule has 0 bridgehead atoms. The molecule has 6 heteroatoms. The number of nitrogens with one attached hydrogen (secondary N) is 2. The summed E-state index contributed by atoms with van der Waals surface area (Å²) < 4.78 is 6.09. The molecule has 0 aliphatic carbocycles. The van der Waals surface area contributed by atoms with E-state index in [1.54, 1.807) is 26.8 Å². The third-order valence-corrected chi connectivity index (χ3v) is 3.58. The maximum atomic E-state index is 12.1. The number of rotatable bonds is 5. The van der Waals surface area contributed by atoms with E-state index in [0.29, 0.717) is 0 Å². The molecule has 0 aliphatic heterocycles. The summed E-state index contributed by atoms with van der Waals surface area (Å²) in [5.74, 6) is -0.234. The third kappa shape index (κ3) is 8.15. The van der Waals surface area contributed by atoms with Gasteiger partial charge in [-0.3, -0.25) is 4.79 Å². The van der Waals surface area contributed by atoms with Crippen LogP contribution in [0.2, 0.25) is 0 Å².